The zero-order valence-corrected chi connectivity index (χ0v) is 48.3. The Morgan fingerprint density at radius 3 is 1.08 bits per heavy atom. The van der Waals surface area contributed by atoms with Crippen LogP contribution < -0.4 is 67.7 Å². The van der Waals surface area contributed by atoms with E-state index in [2.05, 4.69) is 354 Å². The van der Waals surface area contributed by atoms with Crippen molar-refractivity contribution in [2.45, 2.75) is 0 Å². The molecular weight excluding hydrogens is 1050 g/mol. The van der Waals surface area contributed by atoms with Gasteiger partial charge in [-0.15, -0.1) is 0 Å². The molecule has 0 radical (unpaired) electrons. The van der Waals surface area contributed by atoms with Crippen molar-refractivity contribution in [1.29, 1.82) is 0 Å². The average Bonchev–Trinajstić information content (AvgIpc) is 0.972. The largest absolute Gasteiger partial charge is 0.311 e. The minimum Gasteiger partial charge on any atom is -0.311 e. The second-order valence-electron chi connectivity index (χ2n) is 22.2. The van der Waals surface area contributed by atoms with E-state index >= 15 is 0 Å². The molecule has 1 aromatic heterocycles. The molecule has 3 heterocycles. The molecule has 0 saturated heterocycles. The summed E-state index contributed by atoms with van der Waals surface area (Å²) in [4.78, 5) is 5.29. The fraction of sp³-hybridized carbons (Fsp3) is 0. The second kappa shape index (κ2) is 20.3. The highest BCUT2D eigenvalue weighted by Crippen LogP contribution is 2.46. The summed E-state index contributed by atoms with van der Waals surface area (Å²) in [5.74, 6) is 0. The Morgan fingerprint density at radius 2 is 0.595 bits per heavy atom. The molecule has 16 rings (SSSR count). The number of para-hydroxylation sites is 5. The second-order valence-corrected chi connectivity index (χ2v) is 29.8. The molecule has 394 valence electrons. The van der Waals surface area contributed by atoms with Crippen molar-refractivity contribution in [3.63, 3.8) is 0 Å². The van der Waals surface area contributed by atoms with Gasteiger partial charge in [0.15, 0.2) is 16.1 Å². The minimum absolute atomic E-state index is 0.185. The molecule has 0 N–H and O–H groups in total. The van der Waals surface area contributed by atoms with Gasteiger partial charge in [-0.1, -0.05) is 285 Å². The lowest BCUT2D eigenvalue weighted by molar-refractivity contribution is 1.16. The molecule has 0 fully saturated rings. The highest BCUT2D eigenvalue weighted by molar-refractivity contribution is 7.23. The highest BCUT2D eigenvalue weighted by atomic mass is 28.3. The van der Waals surface area contributed by atoms with Crippen LogP contribution in [-0.4, -0.2) is 27.4 Å². The first-order valence-electron chi connectivity index (χ1n) is 29.2. The van der Waals surface area contributed by atoms with E-state index in [1.54, 1.807) is 0 Å². The number of rotatable bonds is 11. The topological polar surface area (TPSA) is 11.4 Å². The van der Waals surface area contributed by atoms with Gasteiger partial charge in [0.05, 0.1) is 16.7 Å². The zero-order valence-electron chi connectivity index (χ0n) is 46.3. The number of hydrogen-bond acceptors (Lipinski definition) is 2. The Balaban J connectivity index is 1.09. The Hall–Kier alpha value is -10.2. The molecule has 0 unspecified atom stereocenters. The third-order valence-corrected chi connectivity index (χ3v) is 27.7. The lowest BCUT2D eigenvalue weighted by Crippen LogP contribution is -2.80. The summed E-state index contributed by atoms with van der Waals surface area (Å²) in [6.45, 7) is -0.185. The summed E-state index contributed by atoms with van der Waals surface area (Å²) in [7, 11) is -6.34. The third-order valence-electron chi connectivity index (χ3n) is 18.0. The van der Waals surface area contributed by atoms with Gasteiger partial charge >= 0.3 is 0 Å². The maximum Gasteiger partial charge on any atom is 0.252 e. The molecule has 0 bridgehead atoms. The molecule has 2 aliphatic rings. The molecule has 84 heavy (non-hydrogen) atoms. The van der Waals surface area contributed by atoms with E-state index in [1.807, 2.05) is 0 Å². The van der Waals surface area contributed by atoms with Gasteiger partial charge < -0.3 is 14.4 Å². The first-order valence-corrected chi connectivity index (χ1v) is 33.2. The van der Waals surface area contributed by atoms with Gasteiger partial charge in [-0.05, 0) is 112 Å². The van der Waals surface area contributed by atoms with Crippen LogP contribution in [0, 0.1) is 0 Å². The van der Waals surface area contributed by atoms with Crippen molar-refractivity contribution < 1.29 is 0 Å². The number of benzene rings is 13. The fourth-order valence-corrected chi connectivity index (χ4v) is 24.8. The van der Waals surface area contributed by atoms with Gasteiger partial charge in [0.1, 0.15) is 0 Å². The summed E-state index contributed by atoms with van der Waals surface area (Å²) < 4.78 is 2.52. The molecular formula is C78H56BN3Si2. The normalized spacial score (nSPS) is 12.7. The van der Waals surface area contributed by atoms with E-state index in [0.29, 0.717) is 0 Å². The molecule has 0 amide bonds. The molecule has 3 nitrogen and oxygen atoms in total. The maximum atomic E-state index is 2.68. The number of hydrogen-bond donors (Lipinski definition) is 0. The van der Waals surface area contributed by atoms with Gasteiger partial charge in [-0.2, -0.15) is 0 Å². The third kappa shape index (κ3) is 7.44. The number of aromatic nitrogens is 1. The van der Waals surface area contributed by atoms with E-state index in [-0.39, 0.29) is 6.71 Å². The average molecular weight is 1100 g/mol. The molecule has 6 heteroatoms. The summed E-state index contributed by atoms with van der Waals surface area (Å²) in [6.07, 6.45) is 0. The Labute approximate surface area is 493 Å². The first-order chi connectivity index (χ1) is 41.7. The van der Waals surface area contributed by atoms with E-state index in [9.17, 15) is 0 Å². The monoisotopic (exact) mass is 1100 g/mol. The van der Waals surface area contributed by atoms with Gasteiger partial charge in [0.25, 0.3) is 6.71 Å². The van der Waals surface area contributed by atoms with Crippen LogP contribution in [0.15, 0.2) is 340 Å². The molecule has 0 atom stereocenters. The molecule has 0 saturated carbocycles. The van der Waals surface area contributed by atoms with Gasteiger partial charge in [0, 0.05) is 44.9 Å². The summed E-state index contributed by atoms with van der Waals surface area (Å²) in [6, 6.07) is 129. The van der Waals surface area contributed by atoms with E-state index in [1.165, 1.54) is 96.8 Å². The van der Waals surface area contributed by atoms with E-state index < -0.39 is 16.1 Å². The standard InChI is InChI=1S/C78H56BN3Si2/c1-8-31-57(32-9-1)80-72-52-30-54-76(84(62-39-16-5-17-40-62,63-41-18-6-19-42-63)64-43-20-7-21-44-64)78(72)79-67-47-24-27-50-70(67)82(74-56-58(55-73(80)77(74)79)81-68-48-25-22-45-65(68)66-46-23-26-49-69(66)81)71-51-28-29-53-75(71)83(59-33-10-2-11-34-59,60-35-12-3-13-36-60)61-37-14-4-15-38-61/h1-56H. The molecule has 0 spiro atoms. The number of anilines is 6. The maximum absolute atomic E-state index is 3.19. The number of nitrogens with zero attached hydrogens (tertiary/aromatic N) is 3. The van der Waals surface area contributed by atoms with Crippen molar-refractivity contribution in [3.05, 3.63) is 340 Å². The van der Waals surface area contributed by atoms with E-state index in [4.69, 9.17) is 0 Å². The van der Waals surface area contributed by atoms with Gasteiger partial charge in [-0.25, -0.2) is 0 Å². The smallest absolute Gasteiger partial charge is 0.252 e. The van der Waals surface area contributed by atoms with Crippen LogP contribution in [0.2, 0.25) is 0 Å². The molecule has 14 aromatic rings. The van der Waals surface area contributed by atoms with Crippen LogP contribution in [0.3, 0.4) is 0 Å². The van der Waals surface area contributed by atoms with Crippen LogP contribution in [0.4, 0.5) is 34.1 Å². The SMILES string of the molecule is c1ccc(N2c3cc(-n4c5ccccc5c5ccccc54)cc4c3B(c3ccccc3N4c3ccccc3[Si](c3ccccc3)(c3ccccc3)c3ccccc3)c3c2cccc3[Si](c2ccccc2)(c2ccccc2)c2ccccc2)cc1. The summed E-state index contributed by atoms with van der Waals surface area (Å²) >= 11 is 0. The van der Waals surface area contributed by atoms with Crippen molar-refractivity contribution in [1.82, 2.24) is 4.57 Å². The number of fused-ring (bicyclic) bond motifs is 7. The van der Waals surface area contributed by atoms with E-state index in [0.717, 1.165) is 22.7 Å². The van der Waals surface area contributed by atoms with Crippen LogP contribution in [0.5, 0.6) is 0 Å². The van der Waals surface area contributed by atoms with Crippen LogP contribution in [0.25, 0.3) is 27.5 Å². The quantitative estimate of drug-likeness (QED) is 0.0945. The van der Waals surface area contributed by atoms with Crippen LogP contribution in [0.1, 0.15) is 0 Å². The van der Waals surface area contributed by atoms with Gasteiger partial charge in [-0.3, -0.25) is 0 Å². The fourth-order valence-electron chi connectivity index (χ4n) is 14.8. The lowest BCUT2D eigenvalue weighted by Gasteiger charge is -2.47. The predicted octanol–water partition coefficient (Wildman–Crippen LogP) is 11.6. The first kappa shape index (κ1) is 49.6. The summed E-state index contributed by atoms with van der Waals surface area (Å²) in [5.41, 5.74) is 14.3. The molecule has 2 aliphatic heterocycles. The van der Waals surface area contributed by atoms with Crippen molar-refractivity contribution in [3.8, 4) is 5.69 Å². The Bertz CT molecular complexity index is 4490. The Kier molecular flexibility index (Phi) is 12.0. The van der Waals surface area contributed by atoms with Crippen molar-refractivity contribution in [2.75, 3.05) is 9.80 Å². The van der Waals surface area contributed by atoms with Crippen LogP contribution >= 0.6 is 0 Å². The lowest BCUT2D eigenvalue weighted by atomic mass is 9.33. The minimum atomic E-state index is -3.19. The van der Waals surface area contributed by atoms with Crippen molar-refractivity contribution in [2.24, 2.45) is 0 Å². The highest BCUT2D eigenvalue weighted by Gasteiger charge is 2.52. The summed E-state index contributed by atoms with van der Waals surface area (Å²) in [5, 5.41) is 13.2. The molecule has 13 aromatic carbocycles. The molecule has 0 aliphatic carbocycles. The Morgan fingerprint density at radius 1 is 0.238 bits per heavy atom. The van der Waals surface area contributed by atoms with Gasteiger partial charge in [0.2, 0.25) is 0 Å². The van der Waals surface area contributed by atoms with Crippen LogP contribution in [-0.2, 0) is 0 Å². The van der Waals surface area contributed by atoms with Crippen molar-refractivity contribution >= 4 is 137 Å². The zero-order chi connectivity index (χ0) is 55.6. The predicted molar refractivity (Wildman–Crippen MR) is 362 cm³/mol.